The number of hydrogen-bond donors (Lipinski definition) is 2. The Hall–Kier alpha value is -1.35. The molecule has 0 aliphatic carbocycles. The van der Waals surface area contributed by atoms with Gasteiger partial charge in [0.05, 0.1) is 0 Å². The van der Waals surface area contributed by atoms with Crippen LogP contribution in [-0.2, 0) is 16.0 Å². The van der Waals surface area contributed by atoms with Crippen LogP contribution in [0.15, 0.2) is 29.3 Å². The van der Waals surface area contributed by atoms with Crippen molar-refractivity contribution in [1.29, 1.82) is 0 Å². The van der Waals surface area contributed by atoms with Crippen molar-refractivity contribution in [3.63, 3.8) is 0 Å². The highest BCUT2D eigenvalue weighted by Gasteiger charge is 2.23. The quantitative estimate of drug-likeness (QED) is 0.250. The minimum Gasteiger partial charge on any atom is -0.382 e. The maximum Gasteiger partial charge on any atom is 0.248 e. The number of hydrogen-bond acceptors (Lipinski definition) is 3. The number of carbonyl (C=O) groups excluding carboxylic acids is 1. The summed E-state index contributed by atoms with van der Waals surface area (Å²) >= 11 is 0. The zero-order valence-corrected chi connectivity index (χ0v) is 18.1. The molecule has 0 atom stereocenters. The number of para-hydroxylation sites is 1. The van der Waals surface area contributed by atoms with E-state index in [0.717, 1.165) is 57.8 Å². The third-order valence-electron chi connectivity index (χ3n) is 4.12. The van der Waals surface area contributed by atoms with E-state index in [-0.39, 0.29) is 36.4 Å². The Kier molecular flexibility index (Phi) is 11.3. The largest absolute Gasteiger partial charge is 0.382 e. The molecule has 0 aromatic heterocycles. The van der Waals surface area contributed by atoms with Gasteiger partial charge in [0.1, 0.15) is 6.54 Å². The first-order chi connectivity index (χ1) is 12.3. The highest BCUT2D eigenvalue weighted by atomic mass is 127. The van der Waals surface area contributed by atoms with Crippen LogP contribution < -0.4 is 15.5 Å². The van der Waals surface area contributed by atoms with Gasteiger partial charge in [-0.3, -0.25) is 4.79 Å². The predicted octanol–water partition coefficient (Wildman–Crippen LogP) is 2.57. The Morgan fingerprint density at radius 3 is 2.81 bits per heavy atom. The molecule has 0 saturated heterocycles. The van der Waals surface area contributed by atoms with Crippen molar-refractivity contribution in [2.24, 2.45) is 4.99 Å². The van der Waals surface area contributed by atoms with E-state index in [0.29, 0.717) is 5.96 Å². The third kappa shape index (κ3) is 7.11. The fourth-order valence-corrected chi connectivity index (χ4v) is 2.85. The second-order valence-electron chi connectivity index (χ2n) is 5.95. The lowest BCUT2D eigenvalue weighted by Gasteiger charge is -2.17. The molecule has 1 aliphatic rings. The van der Waals surface area contributed by atoms with Crippen molar-refractivity contribution < 1.29 is 9.53 Å². The van der Waals surface area contributed by atoms with E-state index >= 15 is 0 Å². The summed E-state index contributed by atoms with van der Waals surface area (Å²) in [7, 11) is 0. The molecule has 1 aromatic rings. The summed E-state index contributed by atoms with van der Waals surface area (Å²) in [5.74, 6) is 0.734. The lowest BCUT2D eigenvalue weighted by molar-refractivity contribution is -0.117. The number of carbonyl (C=O) groups is 1. The average molecular weight is 474 g/mol. The van der Waals surface area contributed by atoms with Crippen molar-refractivity contribution in [2.45, 2.75) is 33.1 Å². The SMILES string of the molecule is CCNC(=NCC(=O)N1CCc2ccccc21)NCCCCOCC.I. The Morgan fingerprint density at radius 2 is 2.04 bits per heavy atom. The van der Waals surface area contributed by atoms with E-state index in [4.69, 9.17) is 4.74 Å². The topological polar surface area (TPSA) is 66.0 Å². The van der Waals surface area contributed by atoms with E-state index in [2.05, 4.69) is 21.7 Å². The van der Waals surface area contributed by atoms with Gasteiger partial charge in [0.25, 0.3) is 0 Å². The van der Waals surface area contributed by atoms with Crippen LogP contribution in [0, 0.1) is 0 Å². The molecule has 0 spiro atoms. The predicted molar refractivity (Wildman–Crippen MR) is 118 cm³/mol. The van der Waals surface area contributed by atoms with Crippen LogP contribution >= 0.6 is 24.0 Å². The number of fused-ring (bicyclic) bond motifs is 1. The summed E-state index contributed by atoms with van der Waals surface area (Å²) in [6.07, 6.45) is 2.95. The first-order valence-electron chi connectivity index (χ1n) is 9.24. The van der Waals surface area contributed by atoms with E-state index in [1.807, 2.05) is 36.9 Å². The molecule has 26 heavy (non-hydrogen) atoms. The smallest absolute Gasteiger partial charge is 0.248 e. The molecule has 1 aromatic carbocycles. The number of aliphatic imine (C=N–C) groups is 1. The molecular formula is C19H31IN4O2. The Labute approximate surface area is 173 Å². The van der Waals surface area contributed by atoms with Gasteiger partial charge in [-0.15, -0.1) is 24.0 Å². The van der Waals surface area contributed by atoms with Crippen LogP contribution in [-0.4, -0.2) is 51.3 Å². The number of nitrogens with one attached hydrogen (secondary N) is 2. The monoisotopic (exact) mass is 474 g/mol. The Bertz CT molecular complexity index is 580. The summed E-state index contributed by atoms with van der Waals surface area (Å²) in [5, 5.41) is 6.46. The van der Waals surface area contributed by atoms with Crippen molar-refractivity contribution in [2.75, 3.05) is 44.3 Å². The minimum absolute atomic E-state index is 0. The van der Waals surface area contributed by atoms with Gasteiger partial charge in [-0.05, 0) is 44.7 Å². The first-order valence-corrected chi connectivity index (χ1v) is 9.24. The number of halogens is 1. The number of rotatable bonds is 9. The molecule has 1 amide bonds. The van der Waals surface area contributed by atoms with Gasteiger partial charge in [0.2, 0.25) is 5.91 Å². The highest BCUT2D eigenvalue weighted by molar-refractivity contribution is 14.0. The van der Waals surface area contributed by atoms with Gasteiger partial charge in [0, 0.05) is 38.5 Å². The van der Waals surface area contributed by atoms with Crippen molar-refractivity contribution in [3.8, 4) is 0 Å². The summed E-state index contributed by atoms with van der Waals surface area (Å²) in [6, 6.07) is 8.08. The molecule has 146 valence electrons. The maximum atomic E-state index is 12.5. The summed E-state index contributed by atoms with van der Waals surface area (Å²) in [4.78, 5) is 18.8. The van der Waals surface area contributed by atoms with E-state index in [1.165, 1.54) is 5.56 Å². The van der Waals surface area contributed by atoms with Gasteiger partial charge in [-0.2, -0.15) is 0 Å². The van der Waals surface area contributed by atoms with Crippen LogP contribution in [0.3, 0.4) is 0 Å². The van der Waals surface area contributed by atoms with Crippen LogP contribution in [0.25, 0.3) is 0 Å². The lowest BCUT2D eigenvalue weighted by atomic mass is 10.2. The second-order valence-corrected chi connectivity index (χ2v) is 5.95. The second kappa shape index (κ2) is 12.9. The van der Waals surface area contributed by atoms with Crippen LogP contribution in [0.1, 0.15) is 32.3 Å². The molecule has 7 heteroatoms. The zero-order valence-electron chi connectivity index (χ0n) is 15.8. The molecule has 0 radical (unpaired) electrons. The number of unbranched alkanes of at least 4 members (excludes halogenated alkanes) is 1. The fraction of sp³-hybridized carbons (Fsp3) is 0.579. The van der Waals surface area contributed by atoms with Crippen LogP contribution in [0.2, 0.25) is 0 Å². The zero-order chi connectivity index (χ0) is 17.9. The van der Waals surface area contributed by atoms with Gasteiger partial charge in [-0.25, -0.2) is 4.99 Å². The van der Waals surface area contributed by atoms with Gasteiger partial charge < -0.3 is 20.3 Å². The molecule has 0 bridgehead atoms. The molecular weight excluding hydrogens is 443 g/mol. The highest BCUT2D eigenvalue weighted by Crippen LogP contribution is 2.27. The summed E-state index contributed by atoms with van der Waals surface area (Å²) in [6.45, 7) is 8.07. The van der Waals surface area contributed by atoms with Crippen LogP contribution in [0.5, 0.6) is 0 Å². The summed E-state index contributed by atoms with van der Waals surface area (Å²) < 4.78 is 5.33. The summed E-state index contributed by atoms with van der Waals surface area (Å²) in [5.41, 5.74) is 2.26. The van der Waals surface area contributed by atoms with Gasteiger partial charge in [-0.1, -0.05) is 18.2 Å². The van der Waals surface area contributed by atoms with Crippen molar-refractivity contribution >= 4 is 41.5 Å². The van der Waals surface area contributed by atoms with Crippen LogP contribution in [0.4, 0.5) is 5.69 Å². The first kappa shape index (κ1) is 22.7. The molecule has 2 N–H and O–H groups in total. The standard InChI is InChI=1S/C19H30N4O2.HI/c1-3-20-19(21-12-7-8-14-25-4-2)22-15-18(24)23-13-11-16-9-5-6-10-17(16)23;/h5-6,9-10H,3-4,7-8,11-15H2,1-2H3,(H2,20,21,22);1H. The molecule has 0 unspecified atom stereocenters. The number of nitrogens with zero attached hydrogens (tertiary/aromatic N) is 2. The number of amides is 1. The number of benzene rings is 1. The molecule has 0 saturated carbocycles. The molecule has 6 nitrogen and oxygen atoms in total. The van der Waals surface area contributed by atoms with Gasteiger partial charge >= 0.3 is 0 Å². The van der Waals surface area contributed by atoms with E-state index in [1.54, 1.807) is 0 Å². The number of ether oxygens (including phenoxy) is 1. The van der Waals surface area contributed by atoms with Gasteiger partial charge in [0.15, 0.2) is 5.96 Å². The number of anilines is 1. The normalized spacial score (nSPS) is 13.2. The minimum atomic E-state index is 0. The lowest BCUT2D eigenvalue weighted by Crippen LogP contribution is -2.39. The van der Waals surface area contributed by atoms with E-state index < -0.39 is 0 Å². The molecule has 1 aliphatic heterocycles. The Morgan fingerprint density at radius 1 is 1.23 bits per heavy atom. The fourth-order valence-electron chi connectivity index (χ4n) is 2.85. The van der Waals surface area contributed by atoms with Crippen molar-refractivity contribution in [1.82, 2.24) is 10.6 Å². The Balaban J connectivity index is 0.00000338. The van der Waals surface area contributed by atoms with E-state index in [9.17, 15) is 4.79 Å². The molecule has 0 fully saturated rings. The third-order valence-corrected chi connectivity index (χ3v) is 4.12. The maximum absolute atomic E-state index is 12.5. The van der Waals surface area contributed by atoms with Crippen molar-refractivity contribution in [3.05, 3.63) is 29.8 Å². The molecule has 1 heterocycles. The average Bonchev–Trinajstić information content (AvgIpc) is 3.06. The molecule has 2 rings (SSSR count). The number of guanidine groups is 1.